The summed E-state index contributed by atoms with van der Waals surface area (Å²) in [7, 11) is 0. The van der Waals surface area contributed by atoms with Crippen molar-refractivity contribution in [2.45, 2.75) is 12.8 Å². The van der Waals surface area contributed by atoms with E-state index < -0.39 is 0 Å². The van der Waals surface area contributed by atoms with E-state index in [-0.39, 0.29) is 11.7 Å². The van der Waals surface area contributed by atoms with Gasteiger partial charge in [0.05, 0.1) is 0 Å². The lowest BCUT2D eigenvalue weighted by molar-refractivity contribution is 0.458. The first-order chi connectivity index (χ1) is 13.2. The average molecular weight is 380 g/mol. The van der Waals surface area contributed by atoms with E-state index in [1.54, 1.807) is 0 Å². The Bertz CT molecular complexity index is 921. The number of amidine groups is 1. The summed E-state index contributed by atoms with van der Waals surface area (Å²) in [5, 5.41) is 25.2. The van der Waals surface area contributed by atoms with Gasteiger partial charge in [-0.05, 0) is 66.7 Å². The van der Waals surface area contributed by atoms with Gasteiger partial charge in [0.15, 0.2) is 0 Å². The predicted molar refractivity (Wildman–Crippen MR) is 108 cm³/mol. The van der Waals surface area contributed by atoms with Gasteiger partial charge in [-0.2, -0.15) is 4.37 Å². The smallest absolute Gasteiger partial charge is 0.236 e. The molecule has 138 valence electrons. The van der Waals surface area contributed by atoms with Crippen LogP contribution < -0.4 is 15.4 Å². The highest BCUT2D eigenvalue weighted by Crippen LogP contribution is 2.33. The van der Waals surface area contributed by atoms with E-state index in [1.807, 2.05) is 54.6 Å². The molecule has 3 aromatic rings. The molecule has 0 aliphatic heterocycles. The molecule has 0 saturated heterocycles. The molecule has 4 rings (SSSR count). The third-order valence-electron chi connectivity index (χ3n) is 4.28. The van der Waals surface area contributed by atoms with Crippen LogP contribution in [0.2, 0.25) is 0 Å². The van der Waals surface area contributed by atoms with Crippen molar-refractivity contribution in [1.29, 1.82) is 5.41 Å². The number of hydrogen-bond donors (Lipinski definition) is 4. The van der Waals surface area contributed by atoms with Gasteiger partial charge in [0.2, 0.25) is 5.88 Å². The molecule has 0 spiro atoms. The maximum Gasteiger partial charge on any atom is 0.236 e. The van der Waals surface area contributed by atoms with Gasteiger partial charge >= 0.3 is 0 Å². The van der Waals surface area contributed by atoms with Crippen LogP contribution in [0.25, 0.3) is 0 Å². The lowest BCUT2D eigenvalue weighted by Gasteiger charge is -2.10. The van der Waals surface area contributed by atoms with E-state index in [0.717, 1.165) is 35.3 Å². The van der Waals surface area contributed by atoms with Crippen LogP contribution in [0.15, 0.2) is 54.6 Å². The minimum absolute atomic E-state index is 0.125. The number of nitrogens with zero attached hydrogens (tertiary/aromatic N) is 1. The molecule has 0 atom stereocenters. The minimum atomic E-state index is -0.125. The van der Waals surface area contributed by atoms with Crippen LogP contribution in [-0.2, 0) is 0 Å². The summed E-state index contributed by atoms with van der Waals surface area (Å²) in [4.78, 5) is 0. The summed E-state index contributed by atoms with van der Waals surface area (Å²) in [5.74, 6) is 2.23. The number of rotatable bonds is 7. The van der Waals surface area contributed by atoms with Crippen LogP contribution in [0, 0.1) is 11.3 Å². The molecule has 0 radical (unpaired) electrons. The quantitative estimate of drug-likeness (QED) is 0.352. The normalized spacial score (nSPS) is 13.2. The second-order valence-corrected chi connectivity index (χ2v) is 7.25. The molecule has 4 N–H and O–H groups in total. The number of ether oxygens (including phenoxy) is 1. The second kappa shape index (κ2) is 7.67. The van der Waals surface area contributed by atoms with Gasteiger partial charge in [0, 0.05) is 12.2 Å². The number of anilines is 2. The fourth-order valence-electron chi connectivity index (χ4n) is 2.61. The molecule has 1 aromatic heterocycles. The van der Waals surface area contributed by atoms with Crippen molar-refractivity contribution in [2.75, 3.05) is 11.9 Å². The Morgan fingerprint density at radius 1 is 1.11 bits per heavy atom. The SMILES string of the molecule is N=C(NCC1CC1)c1c(O)nsc1Nc1ccc(Oc2ccccc2)cc1. The Balaban J connectivity index is 1.43. The monoisotopic (exact) mass is 380 g/mol. The van der Waals surface area contributed by atoms with Gasteiger partial charge < -0.3 is 20.5 Å². The summed E-state index contributed by atoms with van der Waals surface area (Å²) >= 11 is 1.13. The molecule has 1 aliphatic carbocycles. The van der Waals surface area contributed by atoms with E-state index in [0.29, 0.717) is 16.5 Å². The highest BCUT2D eigenvalue weighted by molar-refractivity contribution is 7.11. The highest BCUT2D eigenvalue weighted by Gasteiger charge is 2.23. The van der Waals surface area contributed by atoms with Gasteiger partial charge in [-0.1, -0.05) is 18.2 Å². The molecule has 27 heavy (non-hydrogen) atoms. The van der Waals surface area contributed by atoms with Crippen molar-refractivity contribution in [1.82, 2.24) is 9.69 Å². The van der Waals surface area contributed by atoms with Crippen molar-refractivity contribution in [3.8, 4) is 17.4 Å². The molecule has 1 heterocycles. The van der Waals surface area contributed by atoms with E-state index in [2.05, 4.69) is 15.0 Å². The number of para-hydroxylation sites is 1. The third-order valence-corrected chi connectivity index (χ3v) is 5.03. The summed E-state index contributed by atoms with van der Waals surface area (Å²) in [6.07, 6.45) is 2.41. The summed E-state index contributed by atoms with van der Waals surface area (Å²) in [5.41, 5.74) is 1.24. The molecular formula is C20H20N4O2S. The van der Waals surface area contributed by atoms with Crippen LogP contribution in [0.4, 0.5) is 10.7 Å². The number of nitrogens with one attached hydrogen (secondary N) is 3. The third kappa shape index (κ3) is 4.38. The fourth-order valence-corrected chi connectivity index (χ4v) is 3.33. The minimum Gasteiger partial charge on any atom is -0.492 e. The molecule has 1 fully saturated rings. The largest absolute Gasteiger partial charge is 0.492 e. The van der Waals surface area contributed by atoms with Crippen LogP contribution in [0.3, 0.4) is 0 Å². The van der Waals surface area contributed by atoms with Gasteiger partial charge in [-0.25, -0.2) is 0 Å². The van der Waals surface area contributed by atoms with Crippen LogP contribution in [0.1, 0.15) is 18.4 Å². The first-order valence-electron chi connectivity index (χ1n) is 8.80. The summed E-state index contributed by atoms with van der Waals surface area (Å²) in [6.45, 7) is 0.763. The maximum absolute atomic E-state index is 10.0. The van der Waals surface area contributed by atoms with E-state index >= 15 is 0 Å². The number of aromatic hydroxyl groups is 1. The Hall–Kier alpha value is -3.06. The molecule has 2 aromatic carbocycles. The molecule has 0 amide bonds. The van der Waals surface area contributed by atoms with Gasteiger partial charge in [0.1, 0.15) is 27.9 Å². The lowest BCUT2D eigenvalue weighted by atomic mass is 10.2. The molecule has 7 heteroatoms. The standard InChI is InChI=1S/C20H20N4O2S/c21-18(22-12-13-6-7-13)17-19(25)24-27-20(17)23-14-8-10-16(11-9-14)26-15-4-2-1-3-5-15/h1-5,8-11,13,23H,6-7,12H2,(H2,21,22)(H,24,25). The van der Waals surface area contributed by atoms with Gasteiger partial charge in [-0.15, -0.1) is 0 Å². The number of benzene rings is 2. The zero-order valence-electron chi connectivity index (χ0n) is 14.6. The molecule has 0 unspecified atom stereocenters. The highest BCUT2D eigenvalue weighted by atomic mass is 32.1. The molecule has 0 bridgehead atoms. The molecule has 1 saturated carbocycles. The molecular weight excluding hydrogens is 360 g/mol. The van der Waals surface area contributed by atoms with Crippen molar-refractivity contribution in [3.63, 3.8) is 0 Å². The van der Waals surface area contributed by atoms with Crippen molar-refractivity contribution < 1.29 is 9.84 Å². The Labute approximate surface area is 161 Å². The van der Waals surface area contributed by atoms with Crippen LogP contribution >= 0.6 is 11.5 Å². The summed E-state index contributed by atoms with van der Waals surface area (Å²) in [6, 6.07) is 17.1. The van der Waals surface area contributed by atoms with E-state index in [9.17, 15) is 5.11 Å². The van der Waals surface area contributed by atoms with Crippen molar-refractivity contribution in [2.24, 2.45) is 5.92 Å². The topological polar surface area (TPSA) is 90.3 Å². The van der Waals surface area contributed by atoms with Gasteiger partial charge in [0.25, 0.3) is 0 Å². The van der Waals surface area contributed by atoms with Crippen LogP contribution in [-0.4, -0.2) is 21.9 Å². The second-order valence-electron chi connectivity index (χ2n) is 6.47. The Morgan fingerprint density at radius 2 is 1.81 bits per heavy atom. The number of hydrogen-bond acceptors (Lipinski definition) is 6. The average Bonchev–Trinajstić information content (AvgIpc) is 3.45. The zero-order valence-corrected chi connectivity index (χ0v) is 15.4. The predicted octanol–water partition coefficient (Wildman–Crippen LogP) is 4.71. The Kier molecular flexibility index (Phi) is 4.93. The fraction of sp³-hybridized carbons (Fsp3) is 0.200. The lowest BCUT2D eigenvalue weighted by Crippen LogP contribution is -2.25. The number of aromatic nitrogens is 1. The maximum atomic E-state index is 10.0. The Morgan fingerprint density at radius 3 is 2.52 bits per heavy atom. The zero-order chi connectivity index (χ0) is 18.6. The first kappa shape index (κ1) is 17.4. The first-order valence-corrected chi connectivity index (χ1v) is 9.58. The van der Waals surface area contributed by atoms with Crippen LogP contribution in [0.5, 0.6) is 17.4 Å². The van der Waals surface area contributed by atoms with Crippen molar-refractivity contribution in [3.05, 3.63) is 60.2 Å². The summed E-state index contributed by atoms with van der Waals surface area (Å²) < 4.78 is 9.77. The van der Waals surface area contributed by atoms with E-state index in [1.165, 1.54) is 12.8 Å². The van der Waals surface area contributed by atoms with Gasteiger partial charge in [-0.3, -0.25) is 5.41 Å². The van der Waals surface area contributed by atoms with Crippen molar-refractivity contribution >= 4 is 28.1 Å². The van der Waals surface area contributed by atoms with E-state index in [4.69, 9.17) is 10.1 Å². The molecule has 1 aliphatic rings. The molecule has 6 nitrogen and oxygen atoms in total.